The zero-order valence-corrected chi connectivity index (χ0v) is 23.4. The van der Waals surface area contributed by atoms with Crippen molar-refractivity contribution in [2.45, 2.75) is 24.0 Å². The maximum absolute atomic E-state index is 14.0. The molecule has 0 radical (unpaired) electrons. The fourth-order valence-corrected chi connectivity index (χ4v) is 5.42. The normalized spacial score (nSPS) is 15.4. The molecule has 0 aliphatic carbocycles. The molecule has 0 aromatic heterocycles. The number of halogens is 3. The van der Waals surface area contributed by atoms with Gasteiger partial charge in [0, 0.05) is 29.8 Å². The van der Waals surface area contributed by atoms with Gasteiger partial charge in [-0.1, -0.05) is 12.1 Å². The molecule has 0 spiro atoms. The number of anilines is 1. The van der Waals surface area contributed by atoms with E-state index in [1.165, 1.54) is 13.0 Å². The summed E-state index contributed by atoms with van der Waals surface area (Å²) in [5.41, 5.74) is -2.83. The van der Waals surface area contributed by atoms with Gasteiger partial charge in [0.15, 0.2) is 9.84 Å². The van der Waals surface area contributed by atoms with Crippen LogP contribution in [0.15, 0.2) is 83.0 Å². The Kier molecular flexibility index (Phi) is 8.16. The summed E-state index contributed by atoms with van der Waals surface area (Å²) in [6, 6.07) is 9.68. The molecule has 0 bridgehead atoms. The third-order valence-corrected chi connectivity index (χ3v) is 7.61. The van der Waals surface area contributed by atoms with Crippen LogP contribution in [0.5, 0.6) is 5.75 Å². The number of nitrogens with zero attached hydrogens (tertiary/aromatic N) is 5. The molecule has 1 atom stereocenters. The van der Waals surface area contributed by atoms with Crippen molar-refractivity contribution in [1.82, 2.24) is 4.90 Å². The molecule has 1 aliphatic rings. The van der Waals surface area contributed by atoms with Crippen molar-refractivity contribution in [2.24, 2.45) is 0 Å². The zero-order valence-electron chi connectivity index (χ0n) is 22.6. The number of sulfone groups is 1. The number of nitro groups is 1. The van der Waals surface area contributed by atoms with E-state index in [-0.39, 0.29) is 33.9 Å². The molecule has 0 fully saturated rings. The number of hydrogen-bond acceptors (Lipinski definition) is 8. The maximum atomic E-state index is 14.0. The summed E-state index contributed by atoms with van der Waals surface area (Å²) in [5.74, 6) is -0.281. The quantitative estimate of drug-likeness (QED) is 0.184. The summed E-state index contributed by atoms with van der Waals surface area (Å²) in [6.45, 7) is 9.13. The second kappa shape index (κ2) is 11.5. The number of nitriles is 1. The third-order valence-electron chi connectivity index (χ3n) is 6.46. The van der Waals surface area contributed by atoms with Crippen molar-refractivity contribution in [1.29, 1.82) is 5.26 Å². The molecule has 0 saturated carbocycles. The number of benzene rings is 3. The van der Waals surface area contributed by atoms with E-state index in [9.17, 15) is 46.6 Å². The van der Waals surface area contributed by atoms with Crippen LogP contribution in [-0.4, -0.2) is 36.6 Å². The Morgan fingerprint density at radius 2 is 1.80 bits per heavy atom. The highest BCUT2D eigenvalue weighted by Gasteiger charge is 2.46. The van der Waals surface area contributed by atoms with Gasteiger partial charge in [-0.3, -0.25) is 15.0 Å². The summed E-state index contributed by atoms with van der Waals surface area (Å²) >= 11 is 0. The highest BCUT2D eigenvalue weighted by Crippen LogP contribution is 2.43. The number of hydrogen-bond donors (Lipinski definition) is 0. The van der Waals surface area contributed by atoms with Gasteiger partial charge in [-0.25, -0.2) is 27.8 Å². The van der Waals surface area contributed by atoms with Crippen LogP contribution in [0.3, 0.4) is 0 Å². The lowest BCUT2D eigenvalue weighted by Crippen LogP contribution is -2.53. The van der Waals surface area contributed by atoms with Crippen LogP contribution in [-0.2, 0) is 16.0 Å². The van der Waals surface area contributed by atoms with Crippen molar-refractivity contribution in [3.05, 3.63) is 116 Å². The van der Waals surface area contributed by atoms with E-state index < -0.39 is 55.3 Å². The Bertz CT molecular complexity index is 1930. The lowest BCUT2D eigenvalue weighted by Gasteiger charge is -2.40. The van der Waals surface area contributed by atoms with Gasteiger partial charge in [0.05, 0.1) is 33.6 Å². The maximum Gasteiger partial charge on any atom is 0.423 e. The van der Waals surface area contributed by atoms with Crippen molar-refractivity contribution in [2.75, 3.05) is 11.2 Å². The van der Waals surface area contributed by atoms with Gasteiger partial charge in [-0.15, -0.1) is 0 Å². The first-order valence-electron chi connectivity index (χ1n) is 12.2. The topological polar surface area (TPSA) is 155 Å². The standard InChI is InChI=1S/C28H18F3N5O7S/c1-16-24(33-2)25(22-12-7-17(15-32)13-23(22)44(3,41)42)35(27(38)43-21-10-8-19(9-11-21)36(39)40)26(37)34(16)20-6-4-5-18(14-20)28(29,30)31/h4-14,25H,1,3H3/t25-/m1/s1. The first-order valence-corrected chi connectivity index (χ1v) is 14.1. The fraction of sp³-hybridized carbons (Fsp3) is 0.143. The highest BCUT2D eigenvalue weighted by atomic mass is 32.2. The summed E-state index contributed by atoms with van der Waals surface area (Å²) in [6.07, 6.45) is -5.48. The van der Waals surface area contributed by atoms with E-state index in [0.29, 0.717) is 15.9 Å². The highest BCUT2D eigenvalue weighted by molar-refractivity contribution is 7.90. The number of rotatable bonds is 5. The molecule has 3 aromatic rings. The number of non-ortho nitro benzene ring substituents is 1. The lowest BCUT2D eigenvalue weighted by atomic mass is 9.97. The number of ether oxygens (including phenoxy) is 1. The second-order valence-corrected chi connectivity index (χ2v) is 11.3. The van der Waals surface area contributed by atoms with Gasteiger partial charge in [0.2, 0.25) is 5.70 Å². The van der Waals surface area contributed by atoms with Gasteiger partial charge >= 0.3 is 18.3 Å². The molecule has 0 saturated heterocycles. The minimum atomic E-state index is -4.81. The third kappa shape index (κ3) is 5.92. The number of alkyl halides is 3. The molecule has 1 aliphatic heterocycles. The molecule has 16 heteroatoms. The van der Waals surface area contributed by atoms with E-state index in [1.54, 1.807) is 6.07 Å². The minimum Gasteiger partial charge on any atom is -0.410 e. The Labute approximate surface area is 247 Å². The molecule has 0 unspecified atom stereocenters. The SMILES string of the molecule is [C-]#[N+]C1=C(C)N(c2cccc(C(F)(F)F)c2)C(=O)N(C(=O)Oc2ccc([N+](=O)[O-])cc2)[C@@H]1c1ccc(C#N)cc1S(C)(=O)=O. The number of urea groups is 1. The van der Waals surface area contributed by atoms with E-state index in [4.69, 9.17) is 11.3 Å². The minimum absolute atomic E-state index is 0.0908. The molecule has 1 heterocycles. The van der Waals surface area contributed by atoms with Gasteiger partial charge in [-0.2, -0.15) is 18.4 Å². The van der Waals surface area contributed by atoms with Crippen LogP contribution in [0, 0.1) is 28.0 Å². The molecular formula is C28H18F3N5O7S. The number of carbonyl (C=O) groups excluding carboxylic acids is 2. The molecule has 12 nitrogen and oxygen atoms in total. The van der Waals surface area contributed by atoms with Gasteiger partial charge in [0.1, 0.15) is 11.8 Å². The predicted octanol–water partition coefficient (Wildman–Crippen LogP) is 6.22. The Morgan fingerprint density at radius 1 is 1.14 bits per heavy atom. The Balaban J connectivity index is 1.97. The number of allylic oxidation sites excluding steroid dienone is 1. The summed E-state index contributed by atoms with van der Waals surface area (Å²) in [5, 5.41) is 20.3. The Morgan fingerprint density at radius 3 is 2.34 bits per heavy atom. The first kappa shape index (κ1) is 31.2. The van der Waals surface area contributed by atoms with E-state index in [1.807, 2.05) is 0 Å². The number of carbonyl (C=O) groups is 2. The zero-order chi connectivity index (χ0) is 32.6. The van der Waals surface area contributed by atoms with Crippen molar-refractivity contribution in [3.63, 3.8) is 0 Å². The smallest absolute Gasteiger partial charge is 0.410 e. The Hall–Kier alpha value is -5.74. The number of nitro benzene ring substituents is 1. The fourth-order valence-electron chi connectivity index (χ4n) is 4.47. The summed E-state index contributed by atoms with van der Waals surface area (Å²) in [4.78, 5) is 42.0. The van der Waals surface area contributed by atoms with Gasteiger partial charge in [-0.05, 0) is 55.0 Å². The monoisotopic (exact) mass is 625 g/mol. The van der Waals surface area contributed by atoms with Crippen LogP contribution in [0.2, 0.25) is 0 Å². The van der Waals surface area contributed by atoms with Crippen LogP contribution in [0.25, 0.3) is 4.85 Å². The average Bonchev–Trinajstić information content (AvgIpc) is 2.96. The molecule has 4 rings (SSSR count). The molecule has 3 amide bonds. The van der Waals surface area contributed by atoms with E-state index >= 15 is 0 Å². The number of imide groups is 1. The summed E-state index contributed by atoms with van der Waals surface area (Å²) < 4.78 is 71.5. The second-order valence-electron chi connectivity index (χ2n) is 9.28. The lowest BCUT2D eigenvalue weighted by molar-refractivity contribution is -0.384. The van der Waals surface area contributed by atoms with Crippen molar-refractivity contribution < 1.29 is 40.8 Å². The van der Waals surface area contributed by atoms with Crippen LogP contribution in [0.4, 0.5) is 34.1 Å². The van der Waals surface area contributed by atoms with Crippen molar-refractivity contribution >= 4 is 33.3 Å². The van der Waals surface area contributed by atoms with Crippen LogP contribution >= 0.6 is 0 Å². The van der Waals surface area contributed by atoms with Crippen LogP contribution in [0.1, 0.15) is 29.7 Å². The van der Waals surface area contributed by atoms with E-state index in [0.717, 1.165) is 60.9 Å². The van der Waals surface area contributed by atoms with E-state index in [2.05, 4.69) is 4.85 Å². The van der Waals surface area contributed by atoms with Gasteiger partial charge in [0.25, 0.3) is 5.69 Å². The largest absolute Gasteiger partial charge is 0.423 e. The molecule has 224 valence electrons. The average molecular weight is 626 g/mol. The molecular weight excluding hydrogens is 607 g/mol. The van der Waals surface area contributed by atoms with Gasteiger partial charge < -0.3 is 4.74 Å². The molecule has 0 N–H and O–H groups in total. The molecule has 3 aromatic carbocycles. The number of amides is 3. The molecule has 44 heavy (non-hydrogen) atoms. The van der Waals surface area contributed by atoms with Crippen molar-refractivity contribution in [3.8, 4) is 11.8 Å². The van der Waals surface area contributed by atoms with Crippen LogP contribution < -0.4 is 9.64 Å². The first-order chi connectivity index (χ1) is 20.6. The summed E-state index contributed by atoms with van der Waals surface area (Å²) in [7, 11) is -4.16. The predicted molar refractivity (Wildman–Crippen MR) is 147 cm³/mol.